The van der Waals surface area contributed by atoms with Crippen LogP contribution < -0.4 is 5.32 Å². The van der Waals surface area contributed by atoms with E-state index < -0.39 is 7.92 Å². The zero-order valence-electron chi connectivity index (χ0n) is 18.4. The van der Waals surface area contributed by atoms with Gasteiger partial charge in [-0.1, -0.05) is 36.4 Å². The van der Waals surface area contributed by atoms with Crippen molar-refractivity contribution < 1.29 is 22.1 Å². The molecule has 6 heteroatoms. The number of benzene rings is 1. The van der Waals surface area contributed by atoms with Crippen LogP contribution in [0.3, 0.4) is 0 Å². The van der Waals surface area contributed by atoms with E-state index in [1.54, 1.807) is 17.3 Å². The fourth-order valence-corrected chi connectivity index (χ4v) is 7.36. The Bertz CT molecular complexity index is 673. The number of halogens is 1. The van der Waals surface area contributed by atoms with E-state index in [1.807, 2.05) is 0 Å². The predicted octanol–water partition coefficient (Wildman–Crippen LogP) is 5.83. The van der Waals surface area contributed by atoms with E-state index in [0.717, 1.165) is 24.9 Å². The Balaban J connectivity index is 0.00000184. The monoisotopic (exact) mass is 524 g/mol. The summed E-state index contributed by atoms with van der Waals surface area (Å²) in [5, 5.41) is 4.24. The van der Waals surface area contributed by atoms with Crippen molar-refractivity contribution in [2.45, 2.75) is 71.1 Å². The van der Waals surface area contributed by atoms with Crippen molar-refractivity contribution >= 4 is 24.4 Å². The summed E-state index contributed by atoms with van der Waals surface area (Å²) in [7, 11) is 4.02. The third-order valence-electron chi connectivity index (χ3n) is 4.51. The molecule has 0 saturated heterocycles. The van der Waals surface area contributed by atoms with Gasteiger partial charge in [-0.05, 0) is 59.2 Å². The van der Waals surface area contributed by atoms with E-state index in [2.05, 4.69) is 112 Å². The first-order chi connectivity index (χ1) is 13.7. The quantitative estimate of drug-likeness (QED) is 0.224. The van der Waals surface area contributed by atoms with Crippen molar-refractivity contribution in [3.63, 3.8) is 0 Å². The molecule has 0 aliphatic rings. The Morgan fingerprint density at radius 2 is 1.38 bits per heavy atom. The fraction of sp³-hybridized carbons (Fsp3) is 0.478. The molecule has 0 bridgehead atoms. The Morgan fingerprint density at radius 1 is 0.862 bits per heavy atom. The number of carbonyl (C=O) groups excluding carboxylic acids is 1. The Labute approximate surface area is 192 Å². The van der Waals surface area contributed by atoms with E-state index in [-0.39, 0.29) is 0 Å². The molecule has 0 spiro atoms. The van der Waals surface area contributed by atoms with Crippen molar-refractivity contribution in [2.24, 2.45) is 0 Å². The molecule has 1 aromatic carbocycles. The Kier molecular flexibility index (Phi) is 14.0. The number of aromatic nitrogens is 1. The van der Waals surface area contributed by atoms with Crippen LogP contribution in [0.2, 0.25) is 0 Å². The molecule has 0 radical (unpaired) electrons. The predicted molar refractivity (Wildman–Crippen MR) is 127 cm³/mol. The molecule has 0 aliphatic heterocycles. The summed E-state index contributed by atoms with van der Waals surface area (Å²) in [6.07, 6.45) is 1.13. The minimum atomic E-state index is -0.590. The normalized spacial score (nSPS) is 11.2. The number of hydrogen-bond acceptors (Lipinski definition) is 3. The van der Waals surface area contributed by atoms with Crippen LogP contribution in [-0.2, 0) is 41.4 Å². The summed E-state index contributed by atoms with van der Waals surface area (Å²) >= 11 is 1.62. The Hall–Kier alpha value is -0.657. The van der Waals surface area contributed by atoms with Crippen LogP contribution in [0.1, 0.15) is 58.5 Å². The number of nitrogens with one attached hydrogen (secondary N) is 1. The second kappa shape index (κ2) is 14.4. The standard InChI is InChI=1S/C22H33N2P.CHO.ClH.Ru.H/c1-21(2,3)25(22(4,5)6)17-20-14-10-13-19(24-20)16-23-15-18-11-8-7-9-12-18;1-2;;;/h7-14,23H,15-17H2,1-6H3;1H;1H;;/q;-1;;+3;. The number of rotatable bonds is 6. The van der Waals surface area contributed by atoms with Crippen LogP contribution in [-0.4, -0.2) is 22.1 Å². The van der Waals surface area contributed by atoms with E-state index >= 15 is 0 Å². The summed E-state index contributed by atoms with van der Waals surface area (Å²) in [5.74, 6) is 0. The third-order valence-corrected chi connectivity index (χ3v) is 8.85. The molecule has 0 saturated carbocycles. The molecule has 0 aliphatic carbocycles. The molecular formula is C23H36ClN2OPRu+2. The van der Waals surface area contributed by atoms with Crippen LogP contribution in [0.25, 0.3) is 0 Å². The van der Waals surface area contributed by atoms with Gasteiger partial charge in [-0.15, -0.1) is 0 Å². The van der Waals surface area contributed by atoms with E-state index in [4.69, 9.17) is 9.78 Å². The van der Waals surface area contributed by atoms with Gasteiger partial charge in [0, 0.05) is 21.0 Å². The van der Waals surface area contributed by atoms with Gasteiger partial charge < -0.3 is 10.1 Å². The molecular weight excluding hydrogens is 488 g/mol. The summed E-state index contributed by atoms with van der Waals surface area (Å²) in [5.41, 5.74) is 3.69. The first kappa shape index (κ1) is 28.3. The van der Waals surface area contributed by atoms with Crippen molar-refractivity contribution in [3.8, 4) is 0 Å². The molecule has 2 rings (SSSR count). The summed E-state index contributed by atoms with van der Waals surface area (Å²) in [4.78, 5) is 12.7. The zero-order chi connectivity index (χ0) is 22.5. The van der Waals surface area contributed by atoms with Gasteiger partial charge in [0.25, 0.3) is 0 Å². The molecule has 1 heterocycles. The van der Waals surface area contributed by atoms with Crippen molar-refractivity contribution in [1.82, 2.24) is 10.3 Å². The fourth-order valence-electron chi connectivity index (χ4n) is 3.49. The van der Waals surface area contributed by atoms with E-state index in [9.17, 15) is 0 Å². The number of hydrogen-bond donors (Lipinski definition) is 1. The summed E-state index contributed by atoms with van der Waals surface area (Å²) < 4.78 is 0. The van der Waals surface area contributed by atoms with Gasteiger partial charge in [0.1, 0.15) is 0 Å². The molecule has 0 fully saturated rings. The van der Waals surface area contributed by atoms with Crippen LogP contribution in [0, 0.1) is 0 Å². The van der Waals surface area contributed by atoms with E-state index in [0.29, 0.717) is 10.3 Å². The number of nitrogens with zero attached hydrogens (tertiary/aromatic N) is 1. The maximum atomic E-state index is 7.75. The molecule has 29 heavy (non-hydrogen) atoms. The zero-order valence-corrected chi connectivity index (χ0v) is 22.0. The van der Waals surface area contributed by atoms with Gasteiger partial charge in [-0.3, -0.25) is 11.8 Å². The molecule has 1 N–H and O–H groups in total. The molecule has 0 amide bonds. The first-order valence-corrected chi connectivity index (χ1v) is 13.7. The molecule has 1 aromatic heterocycles. The summed E-state index contributed by atoms with van der Waals surface area (Å²) in [6, 6.07) is 17.0. The van der Waals surface area contributed by atoms with Gasteiger partial charge >= 0.3 is 27.0 Å². The van der Waals surface area contributed by atoms with Crippen molar-refractivity contribution in [3.05, 3.63) is 65.5 Å². The van der Waals surface area contributed by atoms with Crippen LogP contribution in [0.4, 0.5) is 0 Å². The maximum absolute atomic E-state index is 7.75. The molecule has 162 valence electrons. The molecule has 0 atom stereocenters. The first-order valence-electron chi connectivity index (χ1n) is 9.60. The van der Waals surface area contributed by atoms with Gasteiger partial charge in [0.15, 0.2) is 0 Å². The molecule has 3 nitrogen and oxygen atoms in total. The minimum absolute atomic E-state index is 0.367. The summed E-state index contributed by atoms with van der Waals surface area (Å²) in [6.45, 7) is 19.3. The van der Waals surface area contributed by atoms with Crippen molar-refractivity contribution in [2.75, 3.05) is 0 Å². The molecule has 2 aromatic rings. The topological polar surface area (TPSA) is 42.0 Å². The van der Waals surface area contributed by atoms with Crippen LogP contribution >= 0.6 is 17.6 Å². The van der Waals surface area contributed by atoms with Crippen molar-refractivity contribution in [1.29, 1.82) is 0 Å². The number of pyridine rings is 1. The van der Waals surface area contributed by atoms with Gasteiger partial charge in [-0.25, -0.2) is 0 Å². The van der Waals surface area contributed by atoms with E-state index in [1.165, 1.54) is 11.3 Å². The average Bonchev–Trinajstić information content (AvgIpc) is 2.69. The Morgan fingerprint density at radius 3 is 1.90 bits per heavy atom. The van der Waals surface area contributed by atoms with Crippen LogP contribution in [0.5, 0.6) is 0 Å². The SMILES string of the molecule is CC(C)(C)[PH+](Cc1cccc(CNCc2ccccc2)n1)C(C)(C)C.[CH-]=O.[Cl][RuH+2]. The van der Waals surface area contributed by atoms with Gasteiger partial charge in [0.05, 0.1) is 27.9 Å². The van der Waals surface area contributed by atoms with Crippen LogP contribution in [0.15, 0.2) is 48.5 Å². The van der Waals surface area contributed by atoms with Gasteiger partial charge in [-0.2, -0.15) is 0 Å². The third kappa shape index (κ3) is 11.3. The van der Waals surface area contributed by atoms with Gasteiger partial charge in [0.2, 0.25) is 0 Å². The second-order valence-corrected chi connectivity index (χ2v) is 13.2. The average molecular weight is 524 g/mol. The second-order valence-electron chi connectivity index (χ2n) is 8.86. The molecule has 0 unspecified atom stereocenters.